The molecule has 9 nitrogen and oxygen atoms in total. The highest BCUT2D eigenvalue weighted by Crippen LogP contribution is 2.57. The fraction of sp³-hybridized carbons (Fsp3) is 0.444. The maximum Gasteiger partial charge on any atom is 0.312 e. The summed E-state index contributed by atoms with van der Waals surface area (Å²) in [6, 6.07) is 12.2. The van der Waals surface area contributed by atoms with Crippen molar-refractivity contribution in [2.45, 2.75) is 32.0 Å². The first kappa shape index (κ1) is 24.0. The summed E-state index contributed by atoms with van der Waals surface area (Å²) in [4.78, 5) is 44.4. The van der Waals surface area contributed by atoms with Crippen molar-refractivity contribution >= 4 is 17.8 Å². The van der Waals surface area contributed by atoms with Crippen LogP contribution in [0.15, 0.2) is 42.5 Å². The van der Waals surface area contributed by atoms with Crippen LogP contribution in [-0.4, -0.2) is 67.1 Å². The van der Waals surface area contributed by atoms with Gasteiger partial charge >= 0.3 is 5.97 Å². The molecule has 0 radical (unpaired) electrons. The van der Waals surface area contributed by atoms with Crippen molar-refractivity contribution in [3.8, 4) is 17.2 Å². The van der Waals surface area contributed by atoms with Crippen LogP contribution in [0.2, 0.25) is 0 Å². The highest BCUT2D eigenvalue weighted by molar-refractivity contribution is 6.02. The number of rotatable bonds is 6. The number of carbonyl (C=O) groups excluding carboxylic acids is 3. The summed E-state index contributed by atoms with van der Waals surface area (Å²) >= 11 is 0. The van der Waals surface area contributed by atoms with E-state index in [2.05, 4.69) is 0 Å². The van der Waals surface area contributed by atoms with Gasteiger partial charge in [0.05, 0.1) is 39.4 Å². The van der Waals surface area contributed by atoms with Crippen LogP contribution in [0, 0.1) is 11.8 Å². The highest BCUT2D eigenvalue weighted by Gasteiger charge is 2.69. The second-order valence-corrected chi connectivity index (χ2v) is 9.47. The van der Waals surface area contributed by atoms with Crippen LogP contribution in [0.5, 0.6) is 17.2 Å². The number of benzene rings is 2. The first-order valence-corrected chi connectivity index (χ1v) is 12.0. The molecule has 3 heterocycles. The van der Waals surface area contributed by atoms with Crippen molar-refractivity contribution < 1.29 is 33.3 Å². The topological polar surface area (TPSA) is 94.6 Å². The van der Waals surface area contributed by atoms with E-state index in [1.807, 2.05) is 30.3 Å². The van der Waals surface area contributed by atoms with E-state index in [1.165, 1.54) is 4.90 Å². The van der Waals surface area contributed by atoms with Crippen LogP contribution >= 0.6 is 0 Å². The van der Waals surface area contributed by atoms with Crippen LogP contribution in [0.25, 0.3) is 0 Å². The summed E-state index contributed by atoms with van der Waals surface area (Å²) in [5.41, 5.74) is 0.168. The molecule has 0 spiro atoms. The molecule has 0 aliphatic carbocycles. The van der Waals surface area contributed by atoms with Crippen molar-refractivity contribution in [3.05, 3.63) is 53.6 Å². The third-order valence-electron chi connectivity index (χ3n) is 7.57. The maximum absolute atomic E-state index is 14.1. The number of hydrogen-bond acceptors (Lipinski definition) is 7. The minimum Gasteiger partial charge on any atom is -0.497 e. The van der Waals surface area contributed by atoms with Gasteiger partial charge in [0, 0.05) is 18.0 Å². The number of amides is 2. The predicted octanol–water partition coefficient (Wildman–Crippen LogP) is 2.58. The third kappa shape index (κ3) is 3.56. The maximum atomic E-state index is 14.1. The Hall–Kier alpha value is -3.75. The summed E-state index contributed by atoms with van der Waals surface area (Å²) in [6.07, 6.45) is 0. The molecule has 0 N–H and O–H groups in total. The molecule has 5 rings (SSSR count). The average molecular weight is 495 g/mol. The van der Waals surface area contributed by atoms with Crippen LogP contribution in [-0.2, 0) is 25.7 Å². The summed E-state index contributed by atoms with van der Waals surface area (Å²) in [5.74, 6) is -0.396. The number of carbonyl (C=O) groups is 3. The van der Waals surface area contributed by atoms with E-state index in [0.29, 0.717) is 17.2 Å². The van der Waals surface area contributed by atoms with Crippen molar-refractivity contribution in [1.29, 1.82) is 0 Å². The Morgan fingerprint density at radius 1 is 1.08 bits per heavy atom. The molecule has 0 saturated carbocycles. The van der Waals surface area contributed by atoms with Crippen molar-refractivity contribution in [2.75, 3.05) is 34.0 Å². The van der Waals surface area contributed by atoms with E-state index < -0.39 is 29.4 Å². The Morgan fingerprint density at radius 3 is 2.44 bits per heavy atom. The van der Waals surface area contributed by atoms with E-state index in [0.717, 1.165) is 11.1 Å². The van der Waals surface area contributed by atoms with Gasteiger partial charge in [-0.3, -0.25) is 14.4 Å². The zero-order valence-electron chi connectivity index (χ0n) is 20.9. The summed E-state index contributed by atoms with van der Waals surface area (Å²) < 4.78 is 22.1. The van der Waals surface area contributed by atoms with E-state index in [-0.39, 0.29) is 38.1 Å². The molecular formula is C27H30N2O7. The molecule has 4 atom stereocenters. The van der Waals surface area contributed by atoms with Gasteiger partial charge in [-0.05, 0) is 49.7 Å². The van der Waals surface area contributed by atoms with Gasteiger partial charge in [-0.15, -0.1) is 0 Å². The summed E-state index contributed by atoms with van der Waals surface area (Å²) in [7, 11) is 3.15. The smallest absolute Gasteiger partial charge is 0.312 e. The molecule has 3 unspecified atom stereocenters. The largest absolute Gasteiger partial charge is 0.497 e. The number of nitrogens with zero attached hydrogens (tertiary/aromatic N) is 2. The molecule has 3 aliphatic rings. The lowest BCUT2D eigenvalue weighted by Gasteiger charge is -2.47. The van der Waals surface area contributed by atoms with Crippen molar-refractivity contribution in [1.82, 2.24) is 9.80 Å². The Kier molecular flexibility index (Phi) is 6.02. The molecular weight excluding hydrogens is 464 g/mol. The number of hydrogen-bond donors (Lipinski definition) is 0. The minimum absolute atomic E-state index is 0.0840. The Balaban J connectivity index is 1.57. The van der Waals surface area contributed by atoms with Gasteiger partial charge in [0.2, 0.25) is 11.8 Å². The predicted molar refractivity (Wildman–Crippen MR) is 129 cm³/mol. The SMILES string of the molecule is CCOC(=O)C1C2COc3ccc(OC)cc3C2N2C(=O)CN(Cc3ccc(OC)cc3)C(=O)[C@@]12C. The van der Waals surface area contributed by atoms with E-state index in [9.17, 15) is 14.4 Å². The number of piperazine rings is 1. The minimum atomic E-state index is -1.42. The zero-order chi connectivity index (χ0) is 25.6. The standard InChI is InChI=1S/C27H30N2O7/c1-5-35-25(31)23-20-15-36-21-11-10-18(34-4)12-19(21)24(20)29-22(30)14-28(26(32)27(23,29)2)13-16-6-8-17(33-3)9-7-16/h6-12,20,23-24H,5,13-15H2,1-4H3/t20?,23?,24?,27-/m1/s1. The summed E-state index contributed by atoms with van der Waals surface area (Å²) in [5, 5.41) is 0. The molecule has 2 saturated heterocycles. The van der Waals surface area contributed by atoms with Crippen molar-refractivity contribution in [2.24, 2.45) is 11.8 Å². The fourth-order valence-corrected chi connectivity index (χ4v) is 5.99. The molecule has 2 fully saturated rings. The number of methoxy groups -OCH3 is 2. The molecule has 2 aromatic carbocycles. The molecule has 2 amide bonds. The van der Waals surface area contributed by atoms with E-state index in [4.69, 9.17) is 18.9 Å². The van der Waals surface area contributed by atoms with Crippen LogP contribution < -0.4 is 14.2 Å². The third-order valence-corrected chi connectivity index (χ3v) is 7.57. The van der Waals surface area contributed by atoms with E-state index >= 15 is 0 Å². The number of ether oxygens (including phenoxy) is 4. The Bertz CT molecular complexity index is 1200. The molecule has 2 aromatic rings. The normalized spacial score (nSPS) is 26.5. The van der Waals surface area contributed by atoms with Gasteiger partial charge in [0.15, 0.2) is 0 Å². The second kappa shape index (κ2) is 9.04. The van der Waals surface area contributed by atoms with Gasteiger partial charge in [-0.2, -0.15) is 0 Å². The number of fused-ring (bicyclic) bond motifs is 5. The highest BCUT2D eigenvalue weighted by atomic mass is 16.5. The quantitative estimate of drug-likeness (QED) is 0.570. The average Bonchev–Trinajstić information content (AvgIpc) is 3.17. The van der Waals surface area contributed by atoms with E-state index in [1.54, 1.807) is 45.1 Å². The Morgan fingerprint density at radius 2 is 1.78 bits per heavy atom. The van der Waals surface area contributed by atoms with Gasteiger partial charge in [-0.25, -0.2) is 0 Å². The lowest BCUT2D eigenvalue weighted by molar-refractivity contribution is -0.170. The fourth-order valence-electron chi connectivity index (χ4n) is 5.99. The van der Waals surface area contributed by atoms with Crippen LogP contribution in [0.3, 0.4) is 0 Å². The molecule has 0 bridgehead atoms. The molecule has 3 aliphatic heterocycles. The molecule has 9 heteroatoms. The van der Waals surface area contributed by atoms with Gasteiger partial charge in [0.1, 0.15) is 29.3 Å². The Labute approximate surface area is 209 Å². The number of esters is 1. The summed E-state index contributed by atoms with van der Waals surface area (Å²) in [6.45, 7) is 3.94. The lowest BCUT2D eigenvalue weighted by Crippen LogP contribution is -2.67. The first-order valence-electron chi connectivity index (χ1n) is 12.0. The van der Waals surface area contributed by atoms with Crippen LogP contribution in [0.1, 0.15) is 31.0 Å². The first-order chi connectivity index (χ1) is 17.3. The monoisotopic (exact) mass is 494 g/mol. The molecule has 190 valence electrons. The molecule has 0 aromatic heterocycles. The molecule has 36 heavy (non-hydrogen) atoms. The lowest BCUT2D eigenvalue weighted by atomic mass is 9.77. The van der Waals surface area contributed by atoms with Crippen LogP contribution in [0.4, 0.5) is 0 Å². The van der Waals surface area contributed by atoms with Crippen molar-refractivity contribution in [3.63, 3.8) is 0 Å². The van der Waals surface area contributed by atoms with Gasteiger partial charge in [-0.1, -0.05) is 12.1 Å². The zero-order valence-corrected chi connectivity index (χ0v) is 20.9. The van der Waals surface area contributed by atoms with Gasteiger partial charge in [0.25, 0.3) is 0 Å². The second-order valence-electron chi connectivity index (χ2n) is 9.47. The van der Waals surface area contributed by atoms with Gasteiger partial charge < -0.3 is 28.7 Å².